The number of rotatable bonds is 4. The monoisotopic (exact) mass is 260 g/mol. The van der Waals surface area contributed by atoms with E-state index in [1.807, 2.05) is 43.3 Å². The lowest BCUT2D eigenvalue weighted by molar-refractivity contribution is 0.380. The summed E-state index contributed by atoms with van der Waals surface area (Å²) in [6.07, 6.45) is 0. The van der Waals surface area contributed by atoms with Crippen LogP contribution >= 0.6 is 0 Å². The highest BCUT2D eigenvalue weighted by molar-refractivity contribution is 5.61. The van der Waals surface area contributed by atoms with Crippen molar-refractivity contribution in [2.24, 2.45) is 0 Å². The first-order valence-electron chi connectivity index (χ1n) is 5.68. The number of nitrogens with two attached hydrogens (primary N) is 1. The van der Waals surface area contributed by atoms with Gasteiger partial charge < -0.3 is 20.7 Å². The van der Waals surface area contributed by atoms with E-state index < -0.39 is 0 Å². The molecule has 0 amide bonds. The van der Waals surface area contributed by atoms with Crippen molar-refractivity contribution in [1.82, 2.24) is 15.0 Å². The molecule has 0 fully saturated rings. The van der Waals surface area contributed by atoms with Gasteiger partial charge in [-0.1, -0.05) is 6.07 Å². The minimum Gasteiger partial charge on any atom is -0.467 e. The Labute approximate surface area is 111 Å². The van der Waals surface area contributed by atoms with Gasteiger partial charge in [-0.15, -0.1) is 0 Å². The fraction of sp³-hybridized carbons (Fsp3) is 0.250. The Morgan fingerprint density at radius 2 is 2.00 bits per heavy atom. The second-order valence-corrected chi connectivity index (χ2v) is 4.07. The van der Waals surface area contributed by atoms with Gasteiger partial charge >= 0.3 is 6.01 Å². The van der Waals surface area contributed by atoms with Gasteiger partial charge in [0, 0.05) is 25.5 Å². The van der Waals surface area contributed by atoms with Gasteiger partial charge in [0.15, 0.2) is 0 Å². The lowest BCUT2D eigenvalue weighted by Crippen LogP contribution is -2.09. The normalized spacial score (nSPS) is 10.1. The van der Waals surface area contributed by atoms with E-state index in [4.69, 9.17) is 10.5 Å². The highest BCUT2D eigenvalue weighted by Gasteiger charge is 2.05. The molecule has 0 aliphatic carbocycles. The molecule has 0 atom stereocenters. The van der Waals surface area contributed by atoms with Gasteiger partial charge in [-0.25, -0.2) is 0 Å². The second kappa shape index (κ2) is 5.38. The molecule has 100 valence electrons. The number of methoxy groups -OCH3 is 1. The molecule has 1 aromatic heterocycles. The van der Waals surface area contributed by atoms with Gasteiger partial charge in [0.25, 0.3) is 0 Å². The van der Waals surface area contributed by atoms with Crippen LogP contribution in [-0.2, 0) is 0 Å². The van der Waals surface area contributed by atoms with Crippen molar-refractivity contribution in [2.45, 2.75) is 0 Å². The summed E-state index contributed by atoms with van der Waals surface area (Å²) in [6.45, 7) is 0. The van der Waals surface area contributed by atoms with Crippen molar-refractivity contribution in [3.05, 3.63) is 24.3 Å². The molecule has 0 spiro atoms. The first-order valence-corrected chi connectivity index (χ1v) is 5.68. The molecule has 0 unspecified atom stereocenters. The molecular formula is C12H16N6O. The van der Waals surface area contributed by atoms with Crippen LogP contribution in [0.5, 0.6) is 6.01 Å². The van der Waals surface area contributed by atoms with Crippen molar-refractivity contribution in [3.63, 3.8) is 0 Å². The Bertz CT molecular complexity index is 572. The Balaban J connectivity index is 2.25. The number of aromatic nitrogens is 3. The van der Waals surface area contributed by atoms with Crippen LogP contribution in [0.3, 0.4) is 0 Å². The number of benzene rings is 1. The molecule has 0 saturated carbocycles. The molecule has 1 aromatic carbocycles. The van der Waals surface area contributed by atoms with Crippen LogP contribution < -0.4 is 20.7 Å². The van der Waals surface area contributed by atoms with Crippen molar-refractivity contribution in [1.29, 1.82) is 0 Å². The van der Waals surface area contributed by atoms with Gasteiger partial charge in [-0.2, -0.15) is 15.0 Å². The summed E-state index contributed by atoms with van der Waals surface area (Å²) >= 11 is 0. The summed E-state index contributed by atoms with van der Waals surface area (Å²) in [7, 11) is 5.43. The number of ether oxygens (including phenoxy) is 1. The van der Waals surface area contributed by atoms with Crippen molar-refractivity contribution >= 4 is 23.3 Å². The first-order chi connectivity index (χ1) is 9.08. The van der Waals surface area contributed by atoms with E-state index in [9.17, 15) is 0 Å². The number of nitrogen functional groups attached to an aromatic ring is 1. The fourth-order valence-electron chi connectivity index (χ4n) is 1.51. The smallest absolute Gasteiger partial charge is 0.322 e. The number of nitrogens with one attached hydrogen (secondary N) is 1. The maximum atomic E-state index is 5.58. The molecule has 1 heterocycles. The maximum absolute atomic E-state index is 5.58. The quantitative estimate of drug-likeness (QED) is 0.855. The highest BCUT2D eigenvalue weighted by atomic mass is 16.5. The molecule has 2 rings (SSSR count). The third kappa shape index (κ3) is 3.21. The van der Waals surface area contributed by atoms with Crippen LogP contribution in [0.25, 0.3) is 0 Å². The Morgan fingerprint density at radius 3 is 2.68 bits per heavy atom. The van der Waals surface area contributed by atoms with E-state index in [2.05, 4.69) is 20.3 Å². The average Bonchev–Trinajstić information content (AvgIpc) is 2.38. The summed E-state index contributed by atoms with van der Waals surface area (Å²) < 4.78 is 4.94. The summed E-state index contributed by atoms with van der Waals surface area (Å²) in [5, 5.41) is 3.07. The van der Waals surface area contributed by atoms with Crippen molar-refractivity contribution in [3.8, 4) is 6.01 Å². The molecule has 0 aliphatic heterocycles. The summed E-state index contributed by atoms with van der Waals surface area (Å²) in [5.74, 6) is 0.457. The van der Waals surface area contributed by atoms with E-state index in [1.165, 1.54) is 7.11 Å². The molecular weight excluding hydrogens is 244 g/mol. The predicted octanol–water partition coefficient (Wildman–Crippen LogP) is 1.27. The van der Waals surface area contributed by atoms with Gasteiger partial charge in [-0.05, 0) is 18.2 Å². The number of hydrogen-bond donors (Lipinski definition) is 2. The zero-order valence-corrected chi connectivity index (χ0v) is 11.1. The maximum Gasteiger partial charge on any atom is 0.322 e. The number of hydrogen-bond acceptors (Lipinski definition) is 7. The van der Waals surface area contributed by atoms with Gasteiger partial charge in [-0.3, -0.25) is 0 Å². The molecule has 0 aliphatic rings. The largest absolute Gasteiger partial charge is 0.467 e. The molecule has 7 nitrogen and oxygen atoms in total. The third-order valence-electron chi connectivity index (χ3n) is 2.43. The summed E-state index contributed by atoms with van der Waals surface area (Å²) in [4.78, 5) is 13.9. The topological polar surface area (TPSA) is 89.2 Å². The Kier molecular flexibility index (Phi) is 3.65. The van der Waals surface area contributed by atoms with E-state index >= 15 is 0 Å². The van der Waals surface area contributed by atoms with Gasteiger partial charge in [0.1, 0.15) is 0 Å². The average molecular weight is 260 g/mol. The summed E-state index contributed by atoms with van der Waals surface area (Å²) in [5.41, 5.74) is 7.50. The minimum absolute atomic E-state index is 0.109. The van der Waals surface area contributed by atoms with E-state index in [0.717, 1.165) is 11.4 Å². The van der Waals surface area contributed by atoms with Gasteiger partial charge in [0.2, 0.25) is 11.9 Å². The standard InChI is InChI=1S/C12H16N6O/c1-18(2)9-6-4-5-8(7-9)14-11-15-10(13)16-12(17-11)19-3/h4-7H,1-3H3,(H3,13,14,15,16,17). The lowest BCUT2D eigenvalue weighted by atomic mass is 10.2. The van der Waals surface area contributed by atoms with Crippen molar-refractivity contribution in [2.75, 3.05) is 37.2 Å². The van der Waals surface area contributed by atoms with E-state index in [1.54, 1.807) is 0 Å². The van der Waals surface area contributed by atoms with Crippen LogP contribution in [0.15, 0.2) is 24.3 Å². The molecule has 0 bridgehead atoms. The molecule has 7 heteroatoms. The molecule has 2 aromatic rings. The summed E-state index contributed by atoms with van der Waals surface area (Å²) in [6, 6.07) is 8.03. The SMILES string of the molecule is COc1nc(N)nc(Nc2cccc(N(C)C)c2)n1. The first kappa shape index (κ1) is 12.9. The predicted molar refractivity (Wildman–Crippen MR) is 74.8 cm³/mol. The number of anilines is 4. The molecule has 19 heavy (non-hydrogen) atoms. The molecule has 0 radical (unpaired) electrons. The van der Waals surface area contributed by atoms with Crippen LogP contribution in [0, 0.1) is 0 Å². The van der Waals surface area contributed by atoms with E-state index in [0.29, 0.717) is 5.95 Å². The second-order valence-electron chi connectivity index (χ2n) is 4.07. The Morgan fingerprint density at radius 1 is 1.21 bits per heavy atom. The zero-order valence-electron chi connectivity index (χ0n) is 11.1. The zero-order chi connectivity index (χ0) is 13.8. The fourth-order valence-corrected chi connectivity index (χ4v) is 1.51. The van der Waals surface area contributed by atoms with Crippen LogP contribution in [0.2, 0.25) is 0 Å². The van der Waals surface area contributed by atoms with Crippen LogP contribution in [0.4, 0.5) is 23.3 Å². The molecule has 0 saturated heterocycles. The number of nitrogens with zero attached hydrogens (tertiary/aromatic N) is 4. The minimum atomic E-state index is 0.109. The third-order valence-corrected chi connectivity index (χ3v) is 2.43. The van der Waals surface area contributed by atoms with Crippen molar-refractivity contribution < 1.29 is 4.74 Å². The van der Waals surface area contributed by atoms with E-state index in [-0.39, 0.29) is 12.0 Å². The molecule has 3 N–H and O–H groups in total. The van der Waals surface area contributed by atoms with Crippen LogP contribution in [-0.4, -0.2) is 36.2 Å². The van der Waals surface area contributed by atoms with Gasteiger partial charge in [0.05, 0.1) is 7.11 Å². The van der Waals surface area contributed by atoms with Crippen LogP contribution in [0.1, 0.15) is 0 Å². The Hall–Kier alpha value is -2.57. The highest BCUT2D eigenvalue weighted by Crippen LogP contribution is 2.20. The lowest BCUT2D eigenvalue weighted by Gasteiger charge is -2.14.